The van der Waals surface area contributed by atoms with Crippen LogP contribution in [0.1, 0.15) is 0 Å². The molecule has 0 spiro atoms. The lowest BCUT2D eigenvalue weighted by molar-refractivity contribution is -0.117. The van der Waals surface area contributed by atoms with Crippen LogP contribution in [0.5, 0.6) is 0 Å². The van der Waals surface area contributed by atoms with E-state index in [0.29, 0.717) is 0 Å². The van der Waals surface area contributed by atoms with Crippen molar-refractivity contribution in [2.24, 2.45) is 5.73 Å². The van der Waals surface area contributed by atoms with Crippen LogP contribution < -0.4 is 11.1 Å². The molecule has 0 heterocycles. The smallest absolute Gasteiger partial charge is 0.406 e. The number of primary amides is 1. The summed E-state index contributed by atoms with van der Waals surface area (Å²) in [4.78, 5) is 20.2. The molecular weight excluding hydrogens is 136 g/mol. The maximum absolute atomic E-state index is 10.3. The summed E-state index contributed by atoms with van der Waals surface area (Å²) in [6.45, 7) is 2.95. The number of ether oxygens (including phenoxy) is 1. The van der Waals surface area contributed by atoms with Crippen LogP contribution in [0.3, 0.4) is 0 Å². The number of hydrogen-bond acceptors (Lipinski definition) is 3. The molecule has 0 rings (SSSR count). The van der Waals surface area contributed by atoms with Crippen molar-refractivity contribution < 1.29 is 14.3 Å². The summed E-state index contributed by atoms with van der Waals surface area (Å²) < 4.78 is 4.17. The van der Waals surface area contributed by atoms with Gasteiger partial charge in [0.25, 0.3) is 0 Å². The molecule has 10 heavy (non-hydrogen) atoms. The highest BCUT2D eigenvalue weighted by Crippen LogP contribution is 1.70. The molecule has 0 aliphatic carbocycles. The van der Waals surface area contributed by atoms with Gasteiger partial charge in [0.15, 0.2) is 6.73 Å². The van der Waals surface area contributed by atoms with Crippen LogP contribution in [-0.2, 0) is 9.53 Å². The molecule has 3 N–H and O–H groups in total. The summed E-state index contributed by atoms with van der Waals surface area (Å²) in [6.07, 6.45) is 0.133. The van der Waals surface area contributed by atoms with Crippen LogP contribution in [0, 0.1) is 0 Å². The van der Waals surface area contributed by atoms with E-state index in [1.165, 1.54) is 0 Å². The molecule has 0 aliphatic heterocycles. The highest BCUT2D eigenvalue weighted by atomic mass is 16.6. The largest absolute Gasteiger partial charge is 0.428 e. The monoisotopic (exact) mass is 144 g/mol. The van der Waals surface area contributed by atoms with Crippen molar-refractivity contribution in [1.29, 1.82) is 0 Å². The Hall–Kier alpha value is -1.52. The second-order valence-electron chi connectivity index (χ2n) is 1.35. The van der Waals surface area contributed by atoms with Crippen LogP contribution in [-0.4, -0.2) is 18.7 Å². The fourth-order valence-corrected chi connectivity index (χ4v) is 0.251. The Bertz CT molecular complexity index is 155. The van der Waals surface area contributed by atoms with Crippen molar-refractivity contribution in [1.82, 2.24) is 5.32 Å². The highest BCUT2D eigenvalue weighted by Gasteiger charge is 1.93. The fourth-order valence-electron chi connectivity index (χ4n) is 0.251. The molecule has 0 saturated carbocycles. The van der Waals surface area contributed by atoms with Gasteiger partial charge in [0.2, 0.25) is 5.91 Å². The molecule has 0 fully saturated rings. The molecule has 5 heteroatoms. The number of nitrogens with one attached hydrogen (secondary N) is 1. The molecule has 0 aromatic heterocycles. The van der Waals surface area contributed by atoms with Crippen LogP contribution in [0.25, 0.3) is 0 Å². The van der Waals surface area contributed by atoms with E-state index in [2.05, 4.69) is 22.4 Å². The molecule has 5 nitrogen and oxygen atoms in total. The maximum atomic E-state index is 10.3. The molecule has 0 bridgehead atoms. The first-order valence-corrected chi connectivity index (χ1v) is 2.49. The Morgan fingerprint density at radius 3 is 2.70 bits per heavy atom. The van der Waals surface area contributed by atoms with Gasteiger partial charge in [0.1, 0.15) is 0 Å². The molecule has 0 unspecified atom stereocenters. The predicted molar refractivity (Wildman–Crippen MR) is 33.9 cm³/mol. The van der Waals surface area contributed by atoms with E-state index < -0.39 is 12.0 Å². The SMILES string of the molecule is C=CC(=O)NCOC(N)=O. The molecule has 56 valence electrons. The number of amides is 2. The Kier molecular flexibility index (Phi) is 3.70. The third-order valence-electron chi connectivity index (χ3n) is 0.646. The van der Waals surface area contributed by atoms with Gasteiger partial charge in [-0.2, -0.15) is 0 Å². The van der Waals surface area contributed by atoms with Gasteiger partial charge < -0.3 is 15.8 Å². The van der Waals surface area contributed by atoms with Crippen molar-refractivity contribution >= 4 is 12.0 Å². The quantitative estimate of drug-likeness (QED) is 0.407. The van der Waals surface area contributed by atoms with Crippen molar-refractivity contribution in [2.45, 2.75) is 0 Å². The number of hydrogen-bond donors (Lipinski definition) is 2. The van der Waals surface area contributed by atoms with Gasteiger partial charge in [-0.15, -0.1) is 0 Å². The third kappa shape index (κ3) is 4.63. The summed E-state index contributed by atoms with van der Waals surface area (Å²) in [7, 11) is 0. The Labute approximate surface area is 57.8 Å². The summed E-state index contributed by atoms with van der Waals surface area (Å²) in [5, 5.41) is 2.18. The molecule has 0 saturated heterocycles. The van der Waals surface area contributed by atoms with E-state index in [-0.39, 0.29) is 6.73 Å². The Balaban J connectivity index is 3.28. The highest BCUT2D eigenvalue weighted by molar-refractivity contribution is 5.86. The van der Waals surface area contributed by atoms with Crippen LogP contribution in [0.15, 0.2) is 12.7 Å². The topological polar surface area (TPSA) is 81.4 Å². The number of rotatable bonds is 3. The summed E-state index contributed by atoms with van der Waals surface area (Å²) in [5.74, 6) is -0.416. The third-order valence-corrected chi connectivity index (χ3v) is 0.646. The van der Waals surface area contributed by atoms with Gasteiger partial charge in [-0.3, -0.25) is 4.79 Å². The van der Waals surface area contributed by atoms with Crippen molar-refractivity contribution in [3.63, 3.8) is 0 Å². The zero-order valence-corrected chi connectivity index (χ0v) is 5.29. The molecule has 0 atom stereocenters. The predicted octanol–water partition coefficient (Wildman–Crippen LogP) is -0.659. The molecule has 0 aliphatic rings. The van der Waals surface area contributed by atoms with Gasteiger partial charge in [-0.1, -0.05) is 6.58 Å². The molecule has 0 aromatic rings. The van der Waals surface area contributed by atoms with E-state index in [1.807, 2.05) is 0 Å². The minimum atomic E-state index is -0.927. The normalized spacial score (nSPS) is 8.00. The lowest BCUT2D eigenvalue weighted by atomic mass is 10.6. The van der Waals surface area contributed by atoms with Gasteiger partial charge >= 0.3 is 6.09 Å². The average molecular weight is 144 g/mol. The number of carbonyl (C=O) groups is 2. The molecule has 0 aromatic carbocycles. The minimum absolute atomic E-state index is 0.222. The van der Waals surface area contributed by atoms with E-state index >= 15 is 0 Å². The zero-order valence-electron chi connectivity index (χ0n) is 5.29. The van der Waals surface area contributed by atoms with Crippen LogP contribution in [0.4, 0.5) is 4.79 Å². The zero-order chi connectivity index (χ0) is 7.98. The van der Waals surface area contributed by atoms with Gasteiger partial charge in [0, 0.05) is 0 Å². The fraction of sp³-hybridized carbons (Fsp3) is 0.200. The van der Waals surface area contributed by atoms with Crippen LogP contribution in [0.2, 0.25) is 0 Å². The summed E-state index contributed by atoms with van der Waals surface area (Å²) in [6, 6.07) is 0. The lowest BCUT2D eigenvalue weighted by Gasteiger charge is -1.99. The van der Waals surface area contributed by atoms with Crippen LogP contribution >= 0.6 is 0 Å². The Morgan fingerprint density at radius 2 is 2.30 bits per heavy atom. The minimum Gasteiger partial charge on any atom is -0.428 e. The van der Waals surface area contributed by atoms with Crippen molar-refractivity contribution in [3.8, 4) is 0 Å². The second kappa shape index (κ2) is 4.37. The average Bonchev–Trinajstić information content (AvgIpc) is 1.87. The van der Waals surface area contributed by atoms with Crippen molar-refractivity contribution in [2.75, 3.05) is 6.73 Å². The maximum Gasteiger partial charge on any atom is 0.406 e. The standard InChI is InChI=1S/C5H8N2O3/c1-2-4(8)7-3-10-5(6)9/h2H,1,3H2,(H2,6,9)(H,7,8). The number of nitrogens with two attached hydrogens (primary N) is 1. The van der Waals surface area contributed by atoms with Crippen molar-refractivity contribution in [3.05, 3.63) is 12.7 Å². The first-order valence-electron chi connectivity index (χ1n) is 2.49. The number of carbonyl (C=O) groups excluding carboxylic acids is 2. The van der Waals surface area contributed by atoms with Gasteiger partial charge in [-0.05, 0) is 6.08 Å². The van der Waals surface area contributed by atoms with E-state index in [9.17, 15) is 9.59 Å². The molecular formula is C5H8N2O3. The lowest BCUT2D eigenvalue weighted by Crippen LogP contribution is -2.27. The van der Waals surface area contributed by atoms with Gasteiger partial charge in [0.05, 0.1) is 0 Å². The Morgan fingerprint density at radius 1 is 1.70 bits per heavy atom. The first kappa shape index (κ1) is 8.48. The summed E-state index contributed by atoms with van der Waals surface area (Å²) in [5.41, 5.74) is 4.58. The van der Waals surface area contributed by atoms with E-state index in [0.717, 1.165) is 6.08 Å². The van der Waals surface area contributed by atoms with E-state index in [4.69, 9.17) is 0 Å². The summed E-state index contributed by atoms with van der Waals surface area (Å²) >= 11 is 0. The molecule has 0 radical (unpaired) electrons. The van der Waals surface area contributed by atoms with Gasteiger partial charge in [-0.25, -0.2) is 4.79 Å². The first-order chi connectivity index (χ1) is 4.66. The second-order valence-corrected chi connectivity index (χ2v) is 1.35. The van der Waals surface area contributed by atoms with E-state index in [1.54, 1.807) is 0 Å². The molecule has 2 amide bonds.